The van der Waals surface area contributed by atoms with Crippen LogP contribution in [0.1, 0.15) is 0 Å². The van der Waals surface area contributed by atoms with E-state index in [4.69, 9.17) is 20.7 Å². The minimum Gasteiger partial charge on any atom is -0.370 e. The Morgan fingerprint density at radius 1 is 1.00 bits per heavy atom. The summed E-state index contributed by atoms with van der Waals surface area (Å²) in [5.41, 5.74) is 0. The number of morpholine rings is 2. The fourth-order valence-electron chi connectivity index (χ4n) is 1.61. The molecule has 6 heteroatoms. The zero-order valence-corrected chi connectivity index (χ0v) is 9.69. The van der Waals surface area contributed by atoms with E-state index in [0.717, 1.165) is 39.4 Å². The van der Waals surface area contributed by atoms with Gasteiger partial charge in [0.1, 0.15) is 11.7 Å². The predicted octanol–water partition coefficient (Wildman–Crippen LogP) is 0.514. The minimum absolute atomic E-state index is 0.144. The molecule has 0 spiro atoms. The van der Waals surface area contributed by atoms with Crippen LogP contribution in [0.2, 0.25) is 0 Å². The van der Waals surface area contributed by atoms with E-state index in [2.05, 4.69) is 10.6 Å². The predicted molar refractivity (Wildman–Crippen MR) is 58.0 cm³/mol. The zero-order chi connectivity index (χ0) is 9.80. The highest BCUT2D eigenvalue weighted by atomic mass is 35.7. The molecular formula is C8H16ClN2O2P. The first kappa shape index (κ1) is 11.1. The van der Waals surface area contributed by atoms with Crippen molar-refractivity contribution in [3.8, 4) is 0 Å². The Morgan fingerprint density at radius 3 is 1.86 bits per heavy atom. The molecule has 0 aromatic rings. The summed E-state index contributed by atoms with van der Waals surface area (Å²) in [5, 5.41) is 6.57. The molecule has 2 aliphatic heterocycles. The number of hydrogen-bond donors (Lipinski definition) is 2. The normalized spacial score (nSPS) is 36.6. The van der Waals surface area contributed by atoms with Crippen molar-refractivity contribution in [2.45, 2.75) is 11.7 Å². The highest BCUT2D eigenvalue weighted by Crippen LogP contribution is 2.52. The van der Waals surface area contributed by atoms with Gasteiger partial charge in [-0.05, 0) is 0 Å². The molecule has 0 radical (unpaired) electrons. The molecule has 2 aliphatic rings. The minimum atomic E-state index is -0.714. The molecule has 2 N–H and O–H groups in total. The number of halogens is 1. The maximum Gasteiger partial charge on any atom is 0.106 e. The fraction of sp³-hybridized carbons (Fsp3) is 1.00. The molecule has 0 bridgehead atoms. The number of ether oxygens (including phenoxy) is 2. The van der Waals surface area contributed by atoms with Crippen LogP contribution >= 0.6 is 18.5 Å². The van der Waals surface area contributed by atoms with Crippen molar-refractivity contribution in [2.24, 2.45) is 0 Å². The highest BCUT2D eigenvalue weighted by molar-refractivity contribution is 7.84. The van der Waals surface area contributed by atoms with Gasteiger partial charge in [0.05, 0.1) is 20.5 Å². The fourth-order valence-corrected chi connectivity index (χ4v) is 3.83. The van der Waals surface area contributed by atoms with E-state index in [1.165, 1.54) is 0 Å². The van der Waals surface area contributed by atoms with E-state index in [-0.39, 0.29) is 11.7 Å². The van der Waals surface area contributed by atoms with Crippen LogP contribution in [-0.4, -0.2) is 51.1 Å². The lowest BCUT2D eigenvalue weighted by molar-refractivity contribution is 0.0599. The van der Waals surface area contributed by atoms with Gasteiger partial charge < -0.3 is 20.1 Å². The van der Waals surface area contributed by atoms with Crippen molar-refractivity contribution in [2.75, 3.05) is 39.4 Å². The van der Waals surface area contributed by atoms with Crippen molar-refractivity contribution < 1.29 is 9.47 Å². The third kappa shape index (κ3) is 2.78. The molecule has 0 amide bonds. The molecule has 2 unspecified atom stereocenters. The molecular weight excluding hydrogens is 223 g/mol. The summed E-state index contributed by atoms with van der Waals surface area (Å²) in [6, 6.07) is 0. The average Bonchev–Trinajstić information content (AvgIpc) is 2.30. The first-order valence-electron chi connectivity index (χ1n) is 4.96. The average molecular weight is 239 g/mol. The Labute approximate surface area is 90.2 Å². The van der Waals surface area contributed by atoms with Crippen molar-refractivity contribution in [1.82, 2.24) is 10.6 Å². The number of rotatable bonds is 2. The van der Waals surface area contributed by atoms with Crippen LogP contribution in [0.15, 0.2) is 0 Å². The smallest absolute Gasteiger partial charge is 0.106 e. The monoisotopic (exact) mass is 238 g/mol. The van der Waals surface area contributed by atoms with Crippen molar-refractivity contribution in [3.63, 3.8) is 0 Å². The summed E-state index contributed by atoms with van der Waals surface area (Å²) in [6.45, 7) is 5.09. The summed E-state index contributed by atoms with van der Waals surface area (Å²) in [5.74, 6) is 0.288. The largest absolute Gasteiger partial charge is 0.370 e. The van der Waals surface area contributed by atoms with Crippen molar-refractivity contribution in [1.29, 1.82) is 0 Å². The van der Waals surface area contributed by atoms with Gasteiger partial charge in [-0.2, -0.15) is 0 Å². The highest BCUT2D eigenvalue weighted by Gasteiger charge is 2.31. The molecule has 2 saturated heterocycles. The van der Waals surface area contributed by atoms with Gasteiger partial charge in [0, 0.05) is 26.2 Å². The topological polar surface area (TPSA) is 42.5 Å². The molecule has 0 aliphatic carbocycles. The van der Waals surface area contributed by atoms with E-state index in [9.17, 15) is 0 Å². The van der Waals surface area contributed by atoms with Gasteiger partial charge in [-0.15, -0.1) is 0 Å². The van der Waals surface area contributed by atoms with E-state index in [1.807, 2.05) is 0 Å². The Bertz CT molecular complexity index is 157. The maximum atomic E-state index is 6.37. The van der Waals surface area contributed by atoms with E-state index < -0.39 is 7.27 Å². The molecule has 2 rings (SSSR count). The lowest BCUT2D eigenvalue weighted by Crippen LogP contribution is -2.42. The Kier molecular flexibility index (Phi) is 4.42. The summed E-state index contributed by atoms with van der Waals surface area (Å²) in [4.78, 5) is 0. The third-order valence-electron chi connectivity index (χ3n) is 2.37. The Hall–Kier alpha value is 0.560. The van der Waals surface area contributed by atoms with Gasteiger partial charge in [0.2, 0.25) is 0 Å². The quantitative estimate of drug-likeness (QED) is 0.689. The van der Waals surface area contributed by atoms with Crippen LogP contribution in [0.25, 0.3) is 0 Å². The SMILES string of the molecule is ClP(C1CNCCO1)C1CNCCO1. The summed E-state index contributed by atoms with van der Waals surface area (Å²) >= 11 is 6.37. The van der Waals surface area contributed by atoms with Gasteiger partial charge in [-0.1, -0.05) is 11.2 Å². The second kappa shape index (κ2) is 5.59. The van der Waals surface area contributed by atoms with E-state index in [1.54, 1.807) is 0 Å². The maximum absolute atomic E-state index is 6.37. The molecule has 0 aromatic heterocycles. The van der Waals surface area contributed by atoms with Crippen LogP contribution in [-0.2, 0) is 9.47 Å². The standard InChI is InChI=1S/C8H16ClN2O2P/c9-14(7-5-10-1-3-12-7)8-6-11-2-4-13-8/h7-8,10-11H,1-6H2. The first-order valence-corrected chi connectivity index (χ1v) is 7.35. The second-order valence-electron chi connectivity index (χ2n) is 3.40. The Morgan fingerprint density at radius 2 is 1.50 bits per heavy atom. The lowest BCUT2D eigenvalue weighted by atomic mass is 10.5. The summed E-state index contributed by atoms with van der Waals surface area (Å²) in [7, 11) is -0.714. The molecule has 2 heterocycles. The van der Waals surface area contributed by atoms with E-state index >= 15 is 0 Å². The number of hydrogen-bond acceptors (Lipinski definition) is 4. The molecule has 4 nitrogen and oxygen atoms in total. The molecule has 2 atom stereocenters. The van der Waals surface area contributed by atoms with Crippen molar-refractivity contribution >= 4 is 18.5 Å². The van der Waals surface area contributed by atoms with Gasteiger partial charge in [0.15, 0.2) is 0 Å². The van der Waals surface area contributed by atoms with Gasteiger partial charge in [-0.25, -0.2) is 0 Å². The van der Waals surface area contributed by atoms with Crippen molar-refractivity contribution in [3.05, 3.63) is 0 Å². The van der Waals surface area contributed by atoms with Gasteiger partial charge >= 0.3 is 0 Å². The zero-order valence-electron chi connectivity index (χ0n) is 8.04. The molecule has 0 aromatic carbocycles. The van der Waals surface area contributed by atoms with Crippen LogP contribution in [0.3, 0.4) is 0 Å². The molecule has 2 fully saturated rings. The van der Waals surface area contributed by atoms with Crippen LogP contribution < -0.4 is 10.6 Å². The summed E-state index contributed by atoms with van der Waals surface area (Å²) in [6.07, 6.45) is 0. The first-order chi connectivity index (χ1) is 6.88. The summed E-state index contributed by atoms with van der Waals surface area (Å²) < 4.78 is 11.2. The molecule has 0 saturated carbocycles. The van der Waals surface area contributed by atoms with Crippen LogP contribution in [0.4, 0.5) is 0 Å². The van der Waals surface area contributed by atoms with E-state index in [0.29, 0.717) is 0 Å². The third-order valence-corrected chi connectivity index (χ3v) is 5.44. The van der Waals surface area contributed by atoms with Gasteiger partial charge in [0.25, 0.3) is 0 Å². The van der Waals surface area contributed by atoms with Crippen LogP contribution in [0.5, 0.6) is 0 Å². The Balaban J connectivity index is 1.82. The number of nitrogens with one attached hydrogen (secondary N) is 2. The van der Waals surface area contributed by atoms with Gasteiger partial charge in [-0.3, -0.25) is 0 Å². The second-order valence-corrected chi connectivity index (χ2v) is 6.41. The van der Waals surface area contributed by atoms with Crippen LogP contribution in [0, 0.1) is 0 Å². The lowest BCUT2D eigenvalue weighted by Gasteiger charge is -2.34. The molecule has 14 heavy (non-hydrogen) atoms. The molecule has 82 valence electrons.